The molecule has 1 aromatic carbocycles. The highest BCUT2D eigenvalue weighted by atomic mass is 35.5. The molecule has 0 unspecified atom stereocenters. The number of nitrogens with one attached hydrogen (secondary N) is 1. The molecule has 3 rings (SSSR count). The summed E-state index contributed by atoms with van der Waals surface area (Å²) in [6.07, 6.45) is 1.63. The minimum absolute atomic E-state index is 0.0492. The number of hydrogen-bond donors (Lipinski definition) is 1. The molecule has 1 aliphatic heterocycles. The average molecular weight is 359 g/mol. The number of anilines is 2. The number of halogens is 1. The van der Waals surface area contributed by atoms with Crippen LogP contribution in [0.2, 0.25) is 5.02 Å². The van der Waals surface area contributed by atoms with E-state index in [1.165, 1.54) is 0 Å². The van der Waals surface area contributed by atoms with Crippen LogP contribution < -0.4 is 5.32 Å². The maximum absolute atomic E-state index is 12.6. The maximum Gasteiger partial charge on any atom is 0.255 e. The topological polar surface area (TPSA) is 48.5 Å². The van der Waals surface area contributed by atoms with Crippen molar-refractivity contribution >= 4 is 29.0 Å². The summed E-state index contributed by atoms with van der Waals surface area (Å²) >= 11 is 6.14. The minimum atomic E-state index is 0.0492. The Kier molecular flexibility index (Phi) is 5.56. The number of aryl methyl sites for hydroxylation is 1. The molecule has 1 fully saturated rings. The standard InChI is InChI=1S/C19H23ClN4O/c1-3-23-8-10-24(11-9-23)19(25)15-5-7-18(21-13-15)22-16-6-4-14(2)17(20)12-16/h4-7,12-13H,3,8-11H2,1-2H3,(H,21,22). The fourth-order valence-electron chi connectivity index (χ4n) is 2.86. The molecule has 6 heteroatoms. The van der Waals surface area contributed by atoms with E-state index in [0.717, 1.165) is 44.0 Å². The normalized spacial score (nSPS) is 15.2. The first-order chi connectivity index (χ1) is 12.1. The molecule has 132 valence electrons. The summed E-state index contributed by atoms with van der Waals surface area (Å²) in [5, 5.41) is 3.92. The minimum Gasteiger partial charge on any atom is -0.340 e. The van der Waals surface area contributed by atoms with Crippen molar-refractivity contribution in [2.24, 2.45) is 0 Å². The van der Waals surface area contributed by atoms with Gasteiger partial charge in [0.25, 0.3) is 5.91 Å². The summed E-state index contributed by atoms with van der Waals surface area (Å²) in [6, 6.07) is 9.42. The van der Waals surface area contributed by atoms with Crippen LogP contribution >= 0.6 is 11.6 Å². The van der Waals surface area contributed by atoms with Gasteiger partial charge in [-0.05, 0) is 43.3 Å². The quantitative estimate of drug-likeness (QED) is 0.907. The predicted octanol–water partition coefficient (Wildman–Crippen LogP) is 3.56. The summed E-state index contributed by atoms with van der Waals surface area (Å²) in [5.74, 6) is 0.737. The Bertz CT molecular complexity index is 740. The fourth-order valence-corrected chi connectivity index (χ4v) is 3.04. The number of carbonyl (C=O) groups excluding carboxylic acids is 1. The molecule has 0 bridgehead atoms. The molecule has 2 heterocycles. The van der Waals surface area contributed by atoms with Gasteiger partial charge in [-0.1, -0.05) is 24.6 Å². The lowest BCUT2D eigenvalue weighted by Crippen LogP contribution is -2.48. The first kappa shape index (κ1) is 17.7. The molecule has 1 amide bonds. The highest BCUT2D eigenvalue weighted by Crippen LogP contribution is 2.22. The van der Waals surface area contributed by atoms with E-state index in [2.05, 4.69) is 22.1 Å². The second-order valence-corrected chi connectivity index (χ2v) is 6.65. The Labute approximate surface area is 153 Å². The number of amides is 1. The Morgan fingerprint density at radius 1 is 1.20 bits per heavy atom. The van der Waals surface area contributed by atoms with Gasteiger partial charge >= 0.3 is 0 Å². The van der Waals surface area contributed by atoms with Gasteiger partial charge in [0.05, 0.1) is 5.56 Å². The Morgan fingerprint density at radius 2 is 1.96 bits per heavy atom. The molecule has 5 nitrogen and oxygen atoms in total. The number of nitrogens with zero attached hydrogens (tertiary/aromatic N) is 3. The van der Waals surface area contributed by atoms with Gasteiger partial charge in [-0.3, -0.25) is 4.79 Å². The second kappa shape index (κ2) is 7.85. The molecule has 2 aromatic rings. The number of benzene rings is 1. The van der Waals surface area contributed by atoms with E-state index in [0.29, 0.717) is 16.4 Å². The van der Waals surface area contributed by atoms with Crippen molar-refractivity contribution in [3.05, 3.63) is 52.7 Å². The molecule has 0 saturated carbocycles. The third-order valence-electron chi connectivity index (χ3n) is 4.56. The van der Waals surface area contributed by atoms with Crippen LogP contribution in [-0.2, 0) is 0 Å². The van der Waals surface area contributed by atoms with Gasteiger partial charge in [0, 0.05) is 43.1 Å². The molecular weight excluding hydrogens is 336 g/mol. The Balaban J connectivity index is 1.63. The second-order valence-electron chi connectivity index (χ2n) is 6.25. The molecule has 1 aromatic heterocycles. The summed E-state index contributed by atoms with van der Waals surface area (Å²) in [6.45, 7) is 8.56. The highest BCUT2D eigenvalue weighted by Gasteiger charge is 2.21. The van der Waals surface area contributed by atoms with E-state index in [-0.39, 0.29) is 5.91 Å². The molecule has 1 aliphatic rings. The summed E-state index contributed by atoms with van der Waals surface area (Å²) in [4.78, 5) is 21.2. The number of hydrogen-bond acceptors (Lipinski definition) is 4. The van der Waals surface area contributed by atoms with Crippen molar-refractivity contribution in [1.29, 1.82) is 0 Å². The first-order valence-electron chi connectivity index (χ1n) is 8.57. The van der Waals surface area contributed by atoms with Crippen molar-refractivity contribution in [3.8, 4) is 0 Å². The molecule has 0 radical (unpaired) electrons. The smallest absolute Gasteiger partial charge is 0.255 e. The van der Waals surface area contributed by atoms with Crippen LogP contribution in [0.3, 0.4) is 0 Å². The Morgan fingerprint density at radius 3 is 2.56 bits per heavy atom. The van der Waals surface area contributed by atoms with Crippen LogP contribution in [0, 0.1) is 6.92 Å². The third kappa shape index (κ3) is 4.30. The number of likely N-dealkylation sites (N-methyl/N-ethyl adjacent to an activating group) is 1. The summed E-state index contributed by atoms with van der Waals surface area (Å²) in [5.41, 5.74) is 2.53. The van der Waals surface area contributed by atoms with Gasteiger partial charge in [-0.2, -0.15) is 0 Å². The predicted molar refractivity (Wildman–Crippen MR) is 102 cm³/mol. The van der Waals surface area contributed by atoms with Gasteiger partial charge in [-0.15, -0.1) is 0 Å². The number of aromatic nitrogens is 1. The maximum atomic E-state index is 12.6. The van der Waals surface area contributed by atoms with E-state index < -0.39 is 0 Å². The van der Waals surface area contributed by atoms with E-state index in [9.17, 15) is 4.79 Å². The van der Waals surface area contributed by atoms with Crippen LogP contribution in [0.25, 0.3) is 0 Å². The SMILES string of the molecule is CCN1CCN(C(=O)c2ccc(Nc3ccc(C)c(Cl)c3)nc2)CC1. The molecule has 1 saturated heterocycles. The van der Waals surface area contributed by atoms with Crippen molar-refractivity contribution in [3.63, 3.8) is 0 Å². The molecule has 0 aliphatic carbocycles. The van der Waals surface area contributed by atoms with E-state index in [1.54, 1.807) is 6.20 Å². The number of rotatable bonds is 4. The third-order valence-corrected chi connectivity index (χ3v) is 4.97. The van der Waals surface area contributed by atoms with Crippen LogP contribution in [-0.4, -0.2) is 53.4 Å². The van der Waals surface area contributed by atoms with Crippen LogP contribution in [0.4, 0.5) is 11.5 Å². The van der Waals surface area contributed by atoms with E-state index in [4.69, 9.17) is 11.6 Å². The molecular formula is C19H23ClN4O. The largest absolute Gasteiger partial charge is 0.340 e. The molecule has 0 spiro atoms. The molecule has 0 atom stereocenters. The average Bonchev–Trinajstić information content (AvgIpc) is 2.65. The zero-order valence-electron chi connectivity index (χ0n) is 14.6. The van der Waals surface area contributed by atoms with Crippen molar-refractivity contribution in [2.45, 2.75) is 13.8 Å². The van der Waals surface area contributed by atoms with Crippen LogP contribution in [0.1, 0.15) is 22.8 Å². The van der Waals surface area contributed by atoms with Crippen LogP contribution in [0.15, 0.2) is 36.5 Å². The van der Waals surface area contributed by atoms with E-state index in [1.807, 2.05) is 42.2 Å². The summed E-state index contributed by atoms with van der Waals surface area (Å²) < 4.78 is 0. The number of carbonyl (C=O) groups is 1. The monoisotopic (exact) mass is 358 g/mol. The lowest BCUT2D eigenvalue weighted by atomic mass is 10.2. The van der Waals surface area contributed by atoms with E-state index >= 15 is 0 Å². The fraction of sp³-hybridized carbons (Fsp3) is 0.368. The lowest BCUT2D eigenvalue weighted by Gasteiger charge is -2.34. The van der Waals surface area contributed by atoms with Crippen LogP contribution in [0.5, 0.6) is 0 Å². The number of piperazine rings is 1. The first-order valence-corrected chi connectivity index (χ1v) is 8.95. The highest BCUT2D eigenvalue weighted by molar-refractivity contribution is 6.31. The van der Waals surface area contributed by atoms with Crippen molar-refractivity contribution in [2.75, 3.05) is 38.0 Å². The molecule has 1 N–H and O–H groups in total. The lowest BCUT2D eigenvalue weighted by molar-refractivity contribution is 0.0643. The Hall–Kier alpha value is -2.11. The van der Waals surface area contributed by atoms with Gasteiger partial charge in [0.15, 0.2) is 0 Å². The molecule has 25 heavy (non-hydrogen) atoms. The van der Waals surface area contributed by atoms with Gasteiger partial charge in [0.2, 0.25) is 0 Å². The van der Waals surface area contributed by atoms with Gasteiger partial charge in [-0.25, -0.2) is 4.98 Å². The van der Waals surface area contributed by atoms with Crippen molar-refractivity contribution in [1.82, 2.24) is 14.8 Å². The van der Waals surface area contributed by atoms with Gasteiger partial charge < -0.3 is 15.1 Å². The van der Waals surface area contributed by atoms with Gasteiger partial charge in [0.1, 0.15) is 5.82 Å². The number of pyridine rings is 1. The summed E-state index contributed by atoms with van der Waals surface area (Å²) in [7, 11) is 0. The van der Waals surface area contributed by atoms with Crippen molar-refractivity contribution < 1.29 is 4.79 Å². The zero-order chi connectivity index (χ0) is 17.8. The zero-order valence-corrected chi connectivity index (χ0v) is 15.4.